The van der Waals surface area contributed by atoms with Crippen LogP contribution in [0.2, 0.25) is 0 Å². The number of ether oxygens (including phenoxy) is 1. The molecule has 0 saturated carbocycles. The molecule has 2 rings (SSSR count). The number of nitrogen functional groups attached to an aromatic ring is 1. The van der Waals surface area contributed by atoms with Gasteiger partial charge in [0.1, 0.15) is 5.75 Å². The van der Waals surface area contributed by atoms with Gasteiger partial charge in [0.25, 0.3) is 0 Å². The Morgan fingerprint density at radius 1 is 1.18 bits per heavy atom. The van der Waals surface area contributed by atoms with Crippen LogP contribution in [0.3, 0.4) is 0 Å². The van der Waals surface area contributed by atoms with Crippen molar-refractivity contribution in [3.8, 4) is 5.75 Å². The third kappa shape index (κ3) is 2.90. The van der Waals surface area contributed by atoms with Crippen LogP contribution in [0, 0.1) is 0 Å². The minimum absolute atomic E-state index is 0.200. The number of para-hydroxylation sites is 1. The first-order valence-corrected chi connectivity index (χ1v) is 5.35. The molecule has 0 bridgehead atoms. The zero-order valence-electron chi connectivity index (χ0n) is 9.63. The molecule has 0 fully saturated rings. The van der Waals surface area contributed by atoms with Gasteiger partial charge >= 0.3 is 0 Å². The predicted molar refractivity (Wildman–Crippen MR) is 64.6 cm³/mol. The molecule has 1 aromatic heterocycles. The number of hydrogen-bond acceptors (Lipinski definition) is 5. The Balaban J connectivity index is 2.04. The van der Waals surface area contributed by atoms with Crippen molar-refractivity contribution in [2.75, 3.05) is 12.8 Å². The summed E-state index contributed by atoms with van der Waals surface area (Å²) in [6.07, 6.45) is 3.25. The van der Waals surface area contributed by atoms with Gasteiger partial charge in [0.15, 0.2) is 0 Å². The molecule has 5 nitrogen and oxygen atoms in total. The maximum atomic E-state index is 5.37. The lowest BCUT2D eigenvalue weighted by atomic mass is 10.1. The van der Waals surface area contributed by atoms with Crippen LogP contribution >= 0.6 is 0 Å². The third-order valence-corrected chi connectivity index (χ3v) is 2.47. The van der Waals surface area contributed by atoms with E-state index in [-0.39, 0.29) is 5.95 Å². The first-order valence-electron chi connectivity index (χ1n) is 5.35. The second-order valence-electron chi connectivity index (χ2n) is 3.62. The fourth-order valence-electron chi connectivity index (χ4n) is 1.59. The summed E-state index contributed by atoms with van der Waals surface area (Å²) in [4.78, 5) is 3.91. The quantitative estimate of drug-likeness (QED) is 0.855. The van der Waals surface area contributed by atoms with Gasteiger partial charge in [-0.2, -0.15) is 5.10 Å². The van der Waals surface area contributed by atoms with E-state index in [4.69, 9.17) is 10.5 Å². The zero-order valence-corrected chi connectivity index (χ0v) is 9.63. The number of methoxy groups -OCH3 is 1. The van der Waals surface area contributed by atoms with E-state index < -0.39 is 0 Å². The second kappa shape index (κ2) is 5.25. The first kappa shape index (κ1) is 11.3. The second-order valence-corrected chi connectivity index (χ2v) is 3.62. The summed E-state index contributed by atoms with van der Waals surface area (Å²) in [7, 11) is 1.67. The molecule has 2 aromatic rings. The highest BCUT2D eigenvalue weighted by Crippen LogP contribution is 2.18. The Hall–Kier alpha value is -2.17. The van der Waals surface area contributed by atoms with Crippen LogP contribution in [0.25, 0.3) is 0 Å². The molecule has 0 unspecified atom stereocenters. The maximum Gasteiger partial charge on any atom is 0.240 e. The van der Waals surface area contributed by atoms with Crippen molar-refractivity contribution in [3.05, 3.63) is 41.7 Å². The first-order chi connectivity index (χ1) is 8.29. The van der Waals surface area contributed by atoms with Crippen LogP contribution in [0.4, 0.5) is 5.95 Å². The molecule has 0 atom stereocenters. The number of anilines is 1. The number of hydrogen-bond donors (Lipinski definition) is 1. The highest BCUT2D eigenvalue weighted by Gasteiger charge is 2.03. The van der Waals surface area contributed by atoms with E-state index in [1.54, 1.807) is 13.3 Å². The predicted octanol–water partition coefficient (Wildman–Crippen LogP) is 1.25. The van der Waals surface area contributed by atoms with Crippen LogP contribution in [0.1, 0.15) is 11.3 Å². The summed E-state index contributed by atoms with van der Waals surface area (Å²) in [6, 6.07) is 7.93. The number of nitrogens with zero attached hydrogens (tertiary/aromatic N) is 3. The van der Waals surface area contributed by atoms with Gasteiger partial charge in [-0.15, -0.1) is 5.10 Å². The zero-order chi connectivity index (χ0) is 12.1. The van der Waals surface area contributed by atoms with Gasteiger partial charge in [-0.25, -0.2) is 4.98 Å². The van der Waals surface area contributed by atoms with Crippen molar-refractivity contribution < 1.29 is 4.74 Å². The van der Waals surface area contributed by atoms with Crippen molar-refractivity contribution in [2.24, 2.45) is 0 Å². The molecule has 88 valence electrons. The Morgan fingerprint density at radius 3 is 2.71 bits per heavy atom. The Kier molecular flexibility index (Phi) is 3.49. The Bertz CT molecular complexity index is 484. The summed E-state index contributed by atoms with van der Waals surface area (Å²) in [5.74, 6) is 1.09. The number of rotatable bonds is 4. The molecule has 0 aliphatic rings. The third-order valence-electron chi connectivity index (χ3n) is 2.47. The highest BCUT2D eigenvalue weighted by atomic mass is 16.5. The SMILES string of the molecule is COc1ccccc1CCc1cnc(N)nn1. The van der Waals surface area contributed by atoms with E-state index in [2.05, 4.69) is 15.2 Å². The number of nitrogens with two attached hydrogens (primary N) is 1. The molecule has 5 heteroatoms. The van der Waals surface area contributed by atoms with Gasteiger partial charge in [0.2, 0.25) is 5.95 Å². The molecule has 1 heterocycles. The Morgan fingerprint density at radius 2 is 2.00 bits per heavy atom. The fourth-order valence-corrected chi connectivity index (χ4v) is 1.59. The minimum Gasteiger partial charge on any atom is -0.496 e. The van der Waals surface area contributed by atoms with Gasteiger partial charge in [0.05, 0.1) is 19.0 Å². The fraction of sp³-hybridized carbons (Fsp3) is 0.250. The summed E-state index contributed by atoms with van der Waals surface area (Å²) in [6.45, 7) is 0. The van der Waals surface area contributed by atoms with Crippen molar-refractivity contribution in [3.63, 3.8) is 0 Å². The molecule has 0 saturated heterocycles. The topological polar surface area (TPSA) is 73.9 Å². The molecular formula is C12H14N4O. The highest BCUT2D eigenvalue weighted by molar-refractivity contribution is 5.33. The van der Waals surface area contributed by atoms with Crippen LogP contribution < -0.4 is 10.5 Å². The van der Waals surface area contributed by atoms with E-state index in [1.807, 2.05) is 24.3 Å². The molecule has 0 radical (unpaired) electrons. The summed E-state index contributed by atoms with van der Waals surface area (Å²) >= 11 is 0. The van der Waals surface area contributed by atoms with Crippen LogP contribution in [-0.2, 0) is 12.8 Å². The summed E-state index contributed by atoms with van der Waals surface area (Å²) in [5, 5.41) is 7.69. The molecule has 0 amide bonds. The maximum absolute atomic E-state index is 5.37. The van der Waals surface area contributed by atoms with E-state index in [9.17, 15) is 0 Å². The van der Waals surface area contributed by atoms with Gasteiger partial charge in [0, 0.05) is 0 Å². The molecule has 17 heavy (non-hydrogen) atoms. The lowest BCUT2D eigenvalue weighted by Crippen LogP contribution is -2.02. The van der Waals surface area contributed by atoms with E-state index in [0.717, 1.165) is 29.8 Å². The van der Waals surface area contributed by atoms with Crippen molar-refractivity contribution in [1.29, 1.82) is 0 Å². The molecule has 0 aliphatic carbocycles. The summed E-state index contributed by atoms with van der Waals surface area (Å²) < 4.78 is 5.28. The van der Waals surface area contributed by atoms with Gasteiger partial charge in [-0.3, -0.25) is 0 Å². The largest absolute Gasteiger partial charge is 0.496 e. The lowest BCUT2D eigenvalue weighted by Gasteiger charge is -2.07. The number of aryl methyl sites for hydroxylation is 2. The molecule has 0 spiro atoms. The van der Waals surface area contributed by atoms with E-state index >= 15 is 0 Å². The lowest BCUT2D eigenvalue weighted by molar-refractivity contribution is 0.409. The number of aromatic nitrogens is 3. The molecule has 1 aromatic carbocycles. The van der Waals surface area contributed by atoms with Gasteiger partial charge in [-0.1, -0.05) is 18.2 Å². The van der Waals surface area contributed by atoms with E-state index in [1.165, 1.54) is 0 Å². The molecule has 0 aliphatic heterocycles. The average Bonchev–Trinajstić information content (AvgIpc) is 2.38. The van der Waals surface area contributed by atoms with Gasteiger partial charge in [-0.05, 0) is 24.5 Å². The number of benzene rings is 1. The van der Waals surface area contributed by atoms with Crippen molar-refractivity contribution in [2.45, 2.75) is 12.8 Å². The standard InChI is InChI=1S/C12H14N4O/c1-17-11-5-3-2-4-9(11)6-7-10-8-14-12(13)16-15-10/h2-5,8H,6-7H2,1H3,(H2,13,14,16). The minimum atomic E-state index is 0.200. The van der Waals surface area contributed by atoms with Crippen LogP contribution in [0.15, 0.2) is 30.5 Å². The van der Waals surface area contributed by atoms with Crippen molar-refractivity contribution >= 4 is 5.95 Å². The average molecular weight is 230 g/mol. The molecular weight excluding hydrogens is 216 g/mol. The van der Waals surface area contributed by atoms with Crippen LogP contribution in [-0.4, -0.2) is 22.3 Å². The Labute approximate surface area is 99.7 Å². The molecule has 2 N–H and O–H groups in total. The van der Waals surface area contributed by atoms with E-state index in [0.29, 0.717) is 0 Å². The summed E-state index contributed by atoms with van der Waals surface area (Å²) in [5.41, 5.74) is 7.35. The smallest absolute Gasteiger partial charge is 0.240 e. The van der Waals surface area contributed by atoms with Crippen molar-refractivity contribution in [1.82, 2.24) is 15.2 Å². The normalized spacial score (nSPS) is 10.2. The van der Waals surface area contributed by atoms with Crippen LogP contribution in [0.5, 0.6) is 5.75 Å². The van der Waals surface area contributed by atoms with Gasteiger partial charge < -0.3 is 10.5 Å². The monoisotopic (exact) mass is 230 g/mol.